The molecule has 1 aromatic rings. The van der Waals surface area contributed by atoms with Crippen LogP contribution in [0, 0.1) is 11.7 Å². The van der Waals surface area contributed by atoms with Crippen LogP contribution >= 0.6 is 0 Å². The summed E-state index contributed by atoms with van der Waals surface area (Å²) in [7, 11) is -1.62. The second kappa shape index (κ2) is 7.39. The van der Waals surface area contributed by atoms with Gasteiger partial charge in [0.1, 0.15) is 5.82 Å². The van der Waals surface area contributed by atoms with E-state index in [0.29, 0.717) is 18.5 Å². The molecule has 0 spiro atoms. The molecule has 0 aromatic heterocycles. The first-order valence-corrected chi connectivity index (χ1v) is 7.85. The molecule has 1 aromatic carbocycles. The molecule has 0 saturated heterocycles. The molecule has 1 aliphatic carbocycles. The van der Waals surface area contributed by atoms with Crippen LogP contribution in [0.25, 0.3) is 0 Å². The number of halogens is 1. The molecular weight excluding hydrogens is 268 g/mol. The predicted molar refractivity (Wildman–Crippen MR) is 83.7 cm³/mol. The lowest BCUT2D eigenvalue weighted by Crippen LogP contribution is -2.36. The van der Waals surface area contributed by atoms with Crippen molar-refractivity contribution < 1.29 is 14.4 Å². The van der Waals surface area contributed by atoms with E-state index in [1.54, 1.807) is 6.07 Å². The summed E-state index contributed by atoms with van der Waals surface area (Å²) < 4.78 is 13.6. The van der Waals surface area contributed by atoms with Gasteiger partial charge in [-0.1, -0.05) is 32.8 Å². The molecule has 116 valence electrons. The first kappa shape index (κ1) is 16.5. The molecule has 2 rings (SSSR count). The average Bonchev–Trinajstić information content (AvgIpc) is 2.90. The minimum absolute atomic E-state index is 0.223. The SMILES string of the molecule is CC(C)CN(Cc1cc(F)cc(B(O)O)c1)C1CCCC1. The average molecular weight is 293 g/mol. The second-order valence-electron chi connectivity index (χ2n) is 6.53. The third-order valence-electron chi connectivity index (χ3n) is 4.10. The topological polar surface area (TPSA) is 43.7 Å². The van der Waals surface area contributed by atoms with Gasteiger partial charge in [-0.2, -0.15) is 0 Å². The maximum atomic E-state index is 13.6. The number of hydrogen-bond acceptors (Lipinski definition) is 3. The van der Waals surface area contributed by atoms with E-state index in [1.165, 1.54) is 37.8 Å². The molecule has 0 bridgehead atoms. The Balaban J connectivity index is 2.15. The summed E-state index contributed by atoms with van der Waals surface area (Å²) in [6.07, 6.45) is 4.95. The van der Waals surface area contributed by atoms with Gasteiger partial charge in [-0.05, 0) is 41.9 Å². The Morgan fingerprint density at radius 2 is 1.90 bits per heavy atom. The van der Waals surface area contributed by atoms with Crippen molar-refractivity contribution in [2.24, 2.45) is 5.92 Å². The summed E-state index contributed by atoms with van der Waals surface area (Å²) in [6.45, 7) is 6.03. The highest BCUT2D eigenvalue weighted by molar-refractivity contribution is 6.58. The standard InChI is InChI=1S/C16H25BFNO2/c1-12(2)10-19(16-5-3-4-6-16)11-13-7-14(17(20)21)9-15(18)8-13/h7-9,12,16,20-21H,3-6,10-11H2,1-2H3. The van der Waals surface area contributed by atoms with Gasteiger partial charge >= 0.3 is 7.12 Å². The predicted octanol–water partition coefficient (Wildman–Crippen LogP) is 1.91. The molecule has 0 atom stereocenters. The summed E-state index contributed by atoms with van der Waals surface area (Å²) >= 11 is 0. The largest absolute Gasteiger partial charge is 0.488 e. The van der Waals surface area contributed by atoms with Crippen molar-refractivity contribution in [1.82, 2.24) is 4.90 Å². The van der Waals surface area contributed by atoms with Crippen LogP contribution in [0.1, 0.15) is 45.1 Å². The van der Waals surface area contributed by atoms with Crippen LogP contribution in [0.5, 0.6) is 0 Å². The molecular formula is C16H25BFNO2. The van der Waals surface area contributed by atoms with Gasteiger partial charge in [0.15, 0.2) is 0 Å². The second-order valence-corrected chi connectivity index (χ2v) is 6.53. The van der Waals surface area contributed by atoms with Gasteiger partial charge in [0.25, 0.3) is 0 Å². The van der Waals surface area contributed by atoms with Crippen molar-refractivity contribution in [1.29, 1.82) is 0 Å². The highest BCUT2D eigenvalue weighted by atomic mass is 19.1. The van der Waals surface area contributed by atoms with E-state index < -0.39 is 12.9 Å². The summed E-state index contributed by atoms with van der Waals surface area (Å²) in [4.78, 5) is 2.42. The van der Waals surface area contributed by atoms with Gasteiger partial charge in [0.2, 0.25) is 0 Å². The van der Waals surface area contributed by atoms with Gasteiger partial charge in [0.05, 0.1) is 0 Å². The van der Waals surface area contributed by atoms with Crippen molar-refractivity contribution in [3.05, 3.63) is 29.6 Å². The fourth-order valence-corrected chi connectivity index (χ4v) is 3.23. The van der Waals surface area contributed by atoms with Crippen molar-refractivity contribution in [2.75, 3.05) is 6.54 Å². The van der Waals surface area contributed by atoms with Crippen LogP contribution in [0.3, 0.4) is 0 Å². The molecule has 0 radical (unpaired) electrons. The van der Waals surface area contributed by atoms with Crippen LogP contribution in [0.2, 0.25) is 0 Å². The Labute approximate surface area is 126 Å². The first-order valence-electron chi connectivity index (χ1n) is 7.85. The molecule has 21 heavy (non-hydrogen) atoms. The fraction of sp³-hybridized carbons (Fsp3) is 0.625. The van der Waals surface area contributed by atoms with Crippen LogP contribution in [0.15, 0.2) is 18.2 Å². The minimum Gasteiger partial charge on any atom is -0.423 e. The normalized spacial score (nSPS) is 16.1. The zero-order valence-electron chi connectivity index (χ0n) is 12.9. The molecule has 0 heterocycles. The Morgan fingerprint density at radius 3 is 2.48 bits per heavy atom. The number of benzene rings is 1. The monoisotopic (exact) mass is 293 g/mol. The van der Waals surface area contributed by atoms with Crippen molar-refractivity contribution in [3.63, 3.8) is 0 Å². The van der Waals surface area contributed by atoms with Crippen molar-refractivity contribution >= 4 is 12.6 Å². The summed E-state index contributed by atoms with van der Waals surface area (Å²) in [5, 5.41) is 18.5. The highest BCUT2D eigenvalue weighted by Crippen LogP contribution is 2.25. The molecule has 0 amide bonds. The number of rotatable bonds is 6. The summed E-state index contributed by atoms with van der Waals surface area (Å²) in [6, 6.07) is 4.93. The van der Waals surface area contributed by atoms with Gasteiger partial charge in [-0.25, -0.2) is 4.39 Å². The molecule has 3 nitrogen and oxygen atoms in total. The molecule has 5 heteroatoms. The van der Waals surface area contributed by atoms with E-state index in [0.717, 1.165) is 12.1 Å². The van der Waals surface area contributed by atoms with Gasteiger partial charge < -0.3 is 10.0 Å². The quantitative estimate of drug-likeness (QED) is 0.787. The molecule has 1 fully saturated rings. The van der Waals surface area contributed by atoms with E-state index >= 15 is 0 Å². The number of hydrogen-bond donors (Lipinski definition) is 2. The van der Waals surface area contributed by atoms with Gasteiger partial charge in [0, 0.05) is 19.1 Å². The third kappa shape index (κ3) is 4.80. The lowest BCUT2D eigenvalue weighted by Gasteiger charge is -2.30. The van der Waals surface area contributed by atoms with Crippen LogP contribution < -0.4 is 5.46 Å². The van der Waals surface area contributed by atoms with Gasteiger partial charge in [-0.3, -0.25) is 4.90 Å². The van der Waals surface area contributed by atoms with Crippen molar-refractivity contribution in [2.45, 2.75) is 52.1 Å². The zero-order chi connectivity index (χ0) is 15.4. The third-order valence-corrected chi connectivity index (χ3v) is 4.10. The Morgan fingerprint density at radius 1 is 1.24 bits per heavy atom. The Bertz CT molecular complexity index is 462. The highest BCUT2D eigenvalue weighted by Gasteiger charge is 2.24. The molecule has 0 aliphatic heterocycles. The Kier molecular flexibility index (Phi) is 5.79. The van der Waals surface area contributed by atoms with Crippen LogP contribution in [-0.2, 0) is 6.54 Å². The van der Waals surface area contributed by atoms with Crippen molar-refractivity contribution in [3.8, 4) is 0 Å². The summed E-state index contributed by atoms with van der Waals surface area (Å²) in [5.74, 6) is 0.147. The summed E-state index contributed by atoms with van der Waals surface area (Å²) in [5.41, 5.74) is 1.03. The molecule has 1 aliphatic rings. The maximum absolute atomic E-state index is 13.6. The smallest absolute Gasteiger partial charge is 0.423 e. The van der Waals surface area contributed by atoms with E-state index in [9.17, 15) is 14.4 Å². The van der Waals surface area contributed by atoms with Gasteiger partial charge in [-0.15, -0.1) is 0 Å². The molecule has 1 saturated carbocycles. The van der Waals surface area contributed by atoms with E-state index in [2.05, 4.69) is 18.7 Å². The van der Waals surface area contributed by atoms with Crippen LogP contribution in [0.4, 0.5) is 4.39 Å². The molecule has 0 unspecified atom stereocenters. The van der Waals surface area contributed by atoms with E-state index in [1.807, 2.05) is 0 Å². The lowest BCUT2D eigenvalue weighted by atomic mass is 9.79. The zero-order valence-corrected chi connectivity index (χ0v) is 12.9. The molecule has 2 N–H and O–H groups in total. The first-order chi connectivity index (χ1) is 9.95. The van der Waals surface area contributed by atoms with E-state index in [-0.39, 0.29) is 5.46 Å². The maximum Gasteiger partial charge on any atom is 0.488 e. The minimum atomic E-state index is -1.62. The Hall–Kier alpha value is -0.905. The van der Waals surface area contributed by atoms with E-state index in [4.69, 9.17) is 0 Å². The number of nitrogens with zero attached hydrogens (tertiary/aromatic N) is 1. The fourth-order valence-electron chi connectivity index (χ4n) is 3.23. The van der Waals surface area contributed by atoms with Crippen LogP contribution in [-0.4, -0.2) is 34.7 Å². The lowest BCUT2D eigenvalue weighted by molar-refractivity contribution is 0.168.